The summed E-state index contributed by atoms with van der Waals surface area (Å²) in [4.78, 5) is 12.1. The lowest BCUT2D eigenvalue weighted by molar-refractivity contribution is -0.122. The van der Waals surface area contributed by atoms with Crippen LogP contribution in [0, 0.1) is 0 Å². The van der Waals surface area contributed by atoms with E-state index < -0.39 is 0 Å². The summed E-state index contributed by atoms with van der Waals surface area (Å²) in [5.74, 6) is 1.48. The highest BCUT2D eigenvalue weighted by Gasteiger charge is 2.32. The van der Waals surface area contributed by atoms with Crippen molar-refractivity contribution in [2.24, 2.45) is 0 Å². The van der Waals surface area contributed by atoms with Crippen molar-refractivity contribution in [1.29, 1.82) is 0 Å². The second kappa shape index (κ2) is 7.17. The summed E-state index contributed by atoms with van der Waals surface area (Å²) in [5, 5.41) is 7.10. The molecule has 1 aliphatic rings. The number of rotatable bonds is 7. The van der Waals surface area contributed by atoms with Crippen LogP contribution >= 0.6 is 0 Å². The highest BCUT2D eigenvalue weighted by Crippen LogP contribution is 2.41. The lowest BCUT2D eigenvalue weighted by Gasteiger charge is -2.18. The molecule has 1 atom stereocenters. The zero-order valence-corrected chi connectivity index (χ0v) is 15.0. The Balaban J connectivity index is 1.46. The fourth-order valence-electron chi connectivity index (χ4n) is 3.04. The molecule has 3 rings (SSSR count). The van der Waals surface area contributed by atoms with E-state index >= 15 is 0 Å². The van der Waals surface area contributed by atoms with Crippen LogP contribution in [-0.4, -0.2) is 33.9 Å². The van der Waals surface area contributed by atoms with Crippen molar-refractivity contribution in [1.82, 2.24) is 15.1 Å². The third-order valence-corrected chi connectivity index (χ3v) is 4.07. The van der Waals surface area contributed by atoms with Crippen molar-refractivity contribution >= 4 is 5.91 Å². The Kier molecular flexibility index (Phi) is 4.97. The molecule has 6 nitrogen and oxygen atoms in total. The summed E-state index contributed by atoms with van der Waals surface area (Å²) >= 11 is 0. The molecule has 1 amide bonds. The quantitative estimate of drug-likeness (QED) is 0.839. The number of aromatic nitrogens is 2. The smallest absolute Gasteiger partial charge is 0.223 e. The zero-order chi connectivity index (χ0) is 17.9. The van der Waals surface area contributed by atoms with Crippen LogP contribution in [0.25, 0.3) is 0 Å². The molecule has 0 bridgehead atoms. The van der Waals surface area contributed by atoms with Gasteiger partial charge in [-0.05, 0) is 32.9 Å². The fourth-order valence-corrected chi connectivity index (χ4v) is 3.04. The number of nitrogens with zero attached hydrogens (tertiary/aromatic N) is 2. The number of amides is 1. The van der Waals surface area contributed by atoms with E-state index in [1.165, 1.54) is 0 Å². The van der Waals surface area contributed by atoms with Gasteiger partial charge in [-0.3, -0.25) is 9.48 Å². The second-order valence-corrected chi connectivity index (χ2v) is 7.08. The number of carbonyl (C=O) groups excluding carboxylic acids is 1. The zero-order valence-electron chi connectivity index (χ0n) is 15.0. The first kappa shape index (κ1) is 17.3. The maximum absolute atomic E-state index is 12.1. The van der Waals surface area contributed by atoms with Crippen LogP contribution in [0.2, 0.25) is 0 Å². The monoisotopic (exact) mass is 343 g/mol. The number of carbonyl (C=O) groups is 1. The minimum absolute atomic E-state index is 0.0116. The molecule has 2 aromatic rings. The van der Waals surface area contributed by atoms with Gasteiger partial charge in [0.15, 0.2) is 11.5 Å². The van der Waals surface area contributed by atoms with Gasteiger partial charge in [-0.2, -0.15) is 5.10 Å². The number of ether oxygens (including phenoxy) is 2. The van der Waals surface area contributed by atoms with Gasteiger partial charge >= 0.3 is 0 Å². The van der Waals surface area contributed by atoms with Crippen LogP contribution in [0.15, 0.2) is 36.7 Å². The third-order valence-electron chi connectivity index (χ3n) is 4.07. The molecule has 1 unspecified atom stereocenters. The Morgan fingerprint density at radius 1 is 1.44 bits per heavy atom. The van der Waals surface area contributed by atoms with E-state index in [4.69, 9.17) is 9.47 Å². The van der Waals surface area contributed by atoms with E-state index in [-0.39, 0.29) is 17.6 Å². The first-order valence-electron chi connectivity index (χ1n) is 8.63. The van der Waals surface area contributed by atoms with E-state index in [0.29, 0.717) is 25.3 Å². The molecule has 0 saturated heterocycles. The molecule has 1 aromatic heterocycles. The maximum Gasteiger partial charge on any atom is 0.223 e. The number of fused-ring (bicyclic) bond motifs is 1. The highest BCUT2D eigenvalue weighted by atomic mass is 16.5. The van der Waals surface area contributed by atoms with Gasteiger partial charge in [0.05, 0.1) is 19.6 Å². The van der Waals surface area contributed by atoms with E-state index in [1.807, 2.05) is 31.3 Å². The second-order valence-electron chi connectivity index (χ2n) is 7.08. The number of nitrogens with one attached hydrogen (secondary N) is 1. The van der Waals surface area contributed by atoms with E-state index in [1.54, 1.807) is 10.9 Å². The molecule has 0 radical (unpaired) electrons. The predicted octanol–water partition coefficient (Wildman–Crippen LogP) is 2.57. The Hall–Kier alpha value is -2.50. The van der Waals surface area contributed by atoms with Gasteiger partial charge in [0.2, 0.25) is 5.91 Å². The van der Waals surface area contributed by atoms with Crippen LogP contribution in [-0.2, 0) is 17.8 Å². The Morgan fingerprint density at radius 3 is 3.04 bits per heavy atom. The normalized spacial score (nSPS) is 16.0. The molecule has 1 aromatic carbocycles. The molecule has 0 aliphatic carbocycles. The summed E-state index contributed by atoms with van der Waals surface area (Å²) < 4.78 is 13.6. The summed E-state index contributed by atoms with van der Waals surface area (Å²) in [6.07, 6.45) is 4.77. The largest absolute Gasteiger partial charge is 0.489 e. The van der Waals surface area contributed by atoms with Gasteiger partial charge in [0.25, 0.3) is 0 Å². The summed E-state index contributed by atoms with van der Waals surface area (Å²) in [7, 11) is 0. The van der Waals surface area contributed by atoms with Crippen LogP contribution < -0.4 is 14.8 Å². The summed E-state index contributed by atoms with van der Waals surface area (Å²) in [6, 6.07) is 7.78. The first-order chi connectivity index (χ1) is 11.9. The lowest BCUT2D eigenvalue weighted by Crippen LogP contribution is -2.36. The minimum atomic E-state index is -0.207. The van der Waals surface area contributed by atoms with Crippen molar-refractivity contribution in [2.75, 3.05) is 6.61 Å². The molecular weight excluding hydrogens is 318 g/mol. The molecule has 1 aliphatic heterocycles. The van der Waals surface area contributed by atoms with E-state index in [0.717, 1.165) is 17.7 Å². The molecule has 134 valence electrons. The van der Waals surface area contributed by atoms with Crippen LogP contribution in [0.3, 0.4) is 0 Å². The Bertz CT molecular complexity index is 726. The molecule has 0 spiro atoms. The topological polar surface area (TPSA) is 65.4 Å². The van der Waals surface area contributed by atoms with Gasteiger partial charge in [0.1, 0.15) is 5.60 Å². The SMILES string of the molecule is CC(Cn1cccn1)NC(=O)CCOc1cccc2c1OC(C)(C)C2. The highest BCUT2D eigenvalue weighted by molar-refractivity contribution is 5.76. The average molecular weight is 343 g/mol. The molecule has 1 N–H and O–H groups in total. The number of hydrogen-bond donors (Lipinski definition) is 1. The van der Waals surface area contributed by atoms with Crippen molar-refractivity contribution < 1.29 is 14.3 Å². The van der Waals surface area contributed by atoms with E-state index in [2.05, 4.69) is 30.3 Å². The maximum atomic E-state index is 12.1. The van der Waals surface area contributed by atoms with Crippen LogP contribution in [0.4, 0.5) is 0 Å². The van der Waals surface area contributed by atoms with Crippen LogP contribution in [0.5, 0.6) is 11.5 Å². The van der Waals surface area contributed by atoms with Crippen molar-refractivity contribution in [3.05, 3.63) is 42.2 Å². The Labute approximate surface area is 148 Å². The standard InChI is InChI=1S/C19H25N3O3/c1-14(13-22-10-5-9-20-22)21-17(23)8-11-24-16-7-4-6-15-12-19(2,3)25-18(15)16/h4-7,9-10,14H,8,11-13H2,1-3H3,(H,21,23). The van der Waals surface area contributed by atoms with Gasteiger partial charge < -0.3 is 14.8 Å². The van der Waals surface area contributed by atoms with Crippen LogP contribution in [0.1, 0.15) is 32.8 Å². The summed E-state index contributed by atoms with van der Waals surface area (Å²) in [5.41, 5.74) is 0.945. The minimum Gasteiger partial charge on any atom is -0.489 e. The predicted molar refractivity (Wildman–Crippen MR) is 94.8 cm³/mol. The van der Waals surface area contributed by atoms with E-state index in [9.17, 15) is 4.79 Å². The van der Waals surface area contributed by atoms with Gasteiger partial charge in [0, 0.05) is 30.4 Å². The number of hydrogen-bond acceptors (Lipinski definition) is 4. The van der Waals surface area contributed by atoms with Gasteiger partial charge in [-0.25, -0.2) is 0 Å². The first-order valence-corrected chi connectivity index (χ1v) is 8.63. The molecule has 25 heavy (non-hydrogen) atoms. The molecule has 2 heterocycles. The van der Waals surface area contributed by atoms with Gasteiger partial charge in [-0.1, -0.05) is 12.1 Å². The molecular formula is C19H25N3O3. The molecule has 0 fully saturated rings. The van der Waals surface area contributed by atoms with Crippen molar-refractivity contribution in [2.45, 2.75) is 51.8 Å². The third kappa shape index (κ3) is 4.53. The Morgan fingerprint density at radius 2 is 2.28 bits per heavy atom. The molecule has 0 saturated carbocycles. The molecule has 6 heteroatoms. The number of para-hydroxylation sites is 1. The number of benzene rings is 1. The lowest BCUT2D eigenvalue weighted by atomic mass is 10.0. The fraction of sp³-hybridized carbons (Fsp3) is 0.474. The average Bonchev–Trinajstić information content (AvgIpc) is 3.13. The van der Waals surface area contributed by atoms with Crippen molar-refractivity contribution in [3.63, 3.8) is 0 Å². The summed E-state index contributed by atoms with van der Waals surface area (Å²) in [6.45, 7) is 7.05. The van der Waals surface area contributed by atoms with Gasteiger partial charge in [-0.15, -0.1) is 0 Å². The van der Waals surface area contributed by atoms with Crippen molar-refractivity contribution in [3.8, 4) is 11.5 Å².